The Balaban J connectivity index is 1.35. The van der Waals surface area contributed by atoms with Crippen molar-refractivity contribution in [1.29, 1.82) is 0 Å². The summed E-state index contributed by atoms with van der Waals surface area (Å²) in [5.41, 5.74) is 2.70. The van der Waals surface area contributed by atoms with E-state index in [0.717, 1.165) is 37.5 Å². The molecule has 0 atom stereocenters. The lowest BCUT2D eigenvalue weighted by Gasteiger charge is -2.32. The van der Waals surface area contributed by atoms with Crippen LogP contribution in [-0.4, -0.2) is 35.0 Å². The number of hydrogen-bond donors (Lipinski definition) is 2. The predicted octanol–water partition coefficient (Wildman–Crippen LogP) is 3.35. The van der Waals surface area contributed by atoms with Gasteiger partial charge >= 0.3 is 0 Å². The Kier molecular flexibility index (Phi) is 4.73. The van der Waals surface area contributed by atoms with Crippen LogP contribution >= 0.6 is 0 Å². The second-order valence-corrected chi connectivity index (χ2v) is 7.38. The van der Waals surface area contributed by atoms with Gasteiger partial charge in [0.1, 0.15) is 0 Å². The molecule has 6 nitrogen and oxygen atoms in total. The maximum absolute atomic E-state index is 12.0. The molecule has 0 radical (unpaired) electrons. The molecule has 1 aliphatic carbocycles. The van der Waals surface area contributed by atoms with Gasteiger partial charge in [-0.25, -0.2) is 9.97 Å². The Labute approximate surface area is 154 Å². The summed E-state index contributed by atoms with van der Waals surface area (Å²) >= 11 is 0. The van der Waals surface area contributed by atoms with Crippen molar-refractivity contribution >= 4 is 23.2 Å². The topological polar surface area (TPSA) is 70.2 Å². The molecule has 2 heterocycles. The number of nitrogens with one attached hydrogen (secondary N) is 2. The van der Waals surface area contributed by atoms with Crippen LogP contribution in [-0.2, 0) is 0 Å². The molecule has 1 aromatic carbocycles. The third kappa shape index (κ3) is 4.12. The number of benzene rings is 1. The fraction of sp³-hybridized carbons (Fsp3) is 0.450. The first-order valence-corrected chi connectivity index (χ1v) is 9.42. The van der Waals surface area contributed by atoms with Gasteiger partial charge in [-0.2, -0.15) is 0 Å². The van der Waals surface area contributed by atoms with Crippen molar-refractivity contribution in [3.63, 3.8) is 0 Å². The van der Waals surface area contributed by atoms with Crippen LogP contribution in [0.15, 0.2) is 36.7 Å². The number of amides is 1. The monoisotopic (exact) mass is 351 g/mol. The minimum atomic E-state index is -0.0979. The summed E-state index contributed by atoms with van der Waals surface area (Å²) in [6.45, 7) is 4.58. The number of carbonyl (C=O) groups excluding carboxylic acids is 1. The van der Waals surface area contributed by atoms with E-state index < -0.39 is 0 Å². The summed E-state index contributed by atoms with van der Waals surface area (Å²) in [7, 11) is 0. The van der Waals surface area contributed by atoms with Crippen LogP contribution in [0.1, 0.15) is 43.0 Å². The molecule has 1 aliphatic heterocycles. The van der Waals surface area contributed by atoms with Crippen LogP contribution in [0.3, 0.4) is 0 Å². The average Bonchev–Trinajstić information content (AvgIpc) is 3.48. The second-order valence-electron chi connectivity index (χ2n) is 7.38. The molecule has 2 fully saturated rings. The molecule has 0 bridgehead atoms. The van der Waals surface area contributed by atoms with E-state index in [-0.39, 0.29) is 5.91 Å². The highest BCUT2D eigenvalue weighted by molar-refractivity contribution is 5.94. The molecule has 1 saturated heterocycles. The summed E-state index contributed by atoms with van der Waals surface area (Å²) in [5.74, 6) is 1.23. The van der Waals surface area contributed by atoms with Gasteiger partial charge in [0.05, 0.1) is 5.56 Å². The van der Waals surface area contributed by atoms with E-state index in [2.05, 4.69) is 44.6 Å². The third-order valence-corrected chi connectivity index (χ3v) is 5.10. The van der Waals surface area contributed by atoms with Crippen LogP contribution in [0.4, 0.5) is 17.3 Å². The van der Waals surface area contributed by atoms with E-state index in [9.17, 15) is 4.79 Å². The van der Waals surface area contributed by atoms with Crippen LogP contribution in [0.5, 0.6) is 0 Å². The standard InChI is InChI=1S/C20H25N5O/c1-14-8-10-25(11-9-14)18-6-4-17(5-7-18)24-20-21-12-15(13-22-20)19(26)23-16-2-3-16/h4-7,12-14,16H,2-3,8-11H2,1H3,(H,23,26)(H,21,22,24). The molecule has 2 aliphatic rings. The van der Waals surface area contributed by atoms with Gasteiger partial charge in [0.25, 0.3) is 5.91 Å². The smallest absolute Gasteiger partial charge is 0.254 e. The van der Waals surface area contributed by atoms with Crippen molar-refractivity contribution < 1.29 is 4.79 Å². The first kappa shape index (κ1) is 16.8. The normalized spacial score (nSPS) is 17.8. The maximum Gasteiger partial charge on any atom is 0.254 e. The molecule has 1 saturated carbocycles. The van der Waals surface area contributed by atoms with E-state index in [4.69, 9.17) is 0 Å². The van der Waals surface area contributed by atoms with Crippen molar-refractivity contribution in [3.05, 3.63) is 42.2 Å². The number of hydrogen-bond acceptors (Lipinski definition) is 5. The Hall–Kier alpha value is -2.63. The zero-order valence-corrected chi connectivity index (χ0v) is 15.1. The lowest BCUT2D eigenvalue weighted by molar-refractivity contribution is 0.0950. The third-order valence-electron chi connectivity index (χ3n) is 5.10. The van der Waals surface area contributed by atoms with Crippen molar-refractivity contribution in [2.24, 2.45) is 5.92 Å². The molecule has 1 amide bonds. The number of carbonyl (C=O) groups is 1. The average molecular weight is 351 g/mol. The van der Waals surface area contributed by atoms with Gasteiger partial charge in [0, 0.05) is 42.9 Å². The summed E-state index contributed by atoms with van der Waals surface area (Å²) in [6.07, 6.45) is 7.78. The molecule has 6 heteroatoms. The number of piperidine rings is 1. The summed E-state index contributed by atoms with van der Waals surface area (Å²) in [5, 5.41) is 6.12. The Morgan fingerprint density at radius 1 is 1.04 bits per heavy atom. The molecule has 1 aromatic heterocycles. The number of aromatic nitrogens is 2. The van der Waals surface area contributed by atoms with Gasteiger partial charge in [0.2, 0.25) is 5.95 Å². The minimum absolute atomic E-state index is 0.0979. The Morgan fingerprint density at radius 2 is 1.69 bits per heavy atom. The highest BCUT2D eigenvalue weighted by Gasteiger charge is 2.24. The second kappa shape index (κ2) is 7.32. The largest absolute Gasteiger partial charge is 0.372 e. The molecular weight excluding hydrogens is 326 g/mol. The zero-order valence-electron chi connectivity index (χ0n) is 15.1. The van der Waals surface area contributed by atoms with Crippen molar-refractivity contribution in [1.82, 2.24) is 15.3 Å². The number of rotatable bonds is 5. The first-order chi connectivity index (χ1) is 12.7. The van der Waals surface area contributed by atoms with Gasteiger partial charge in [-0.1, -0.05) is 6.92 Å². The van der Waals surface area contributed by atoms with Gasteiger partial charge in [-0.3, -0.25) is 4.79 Å². The van der Waals surface area contributed by atoms with Crippen LogP contribution in [0, 0.1) is 5.92 Å². The molecule has 26 heavy (non-hydrogen) atoms. The molecular formula is C20H25N5O. The first-order valence-electron chi connectivity index (χ1n) is 9.42. The fourth-order valence-corrected chi connectivity index (χ4v) is 3.16. The zero-order chi connectivity index (χ0) is 17.9. The Bertz CT molecular complexity index is 747. The van der Waals surface area contributed by atoms with Gasteiger partial charge in [-0.05, 0) is 55.9 Å². The van der Waals surface area contributed by atoms with E-state index >= 15 is 0 Å². The highest BCUT2D eigenvalue weighted by Crippen LogP contribution is 2.25. The van der Waals surface area contributed by atoms with Gasteiger partial charge in [-0.15, -0.1) is 0 Å². The molecule has 2 aromatic rings. The van der Waals surface area contributed by atoms with E-state index in [1.54, 1.807) is 12.4 Å². The fourth-order valence-electron chi connectivity index (χ4n) is 3.16. The lowest BCUT2D eigenvalue weighted by atomic mass is 9.99. The van der Waals surface area contributed by atoms with Crippen molar-refractivity contribution in [2.75, 3.05) is 23.3 Å². The van der Waals surface area contributed by atoms with Crippen molar-refractivity contribution in [2.45, 2.75) is 38.6 Å². The SMILES string of the molecule is CC1CCN(c2ccc(Nc3ncc(C(=O)NC4CC4)cn3)cc2)CC1. The minimum Gasteiger partial charge on any atom is -0.372 e. The van der Waals surface area contributed by atoms with E-state index in [1.165, 1.54) is 18.5 Å². The molecule has 2 N–H and O–H groups in total. The lowest BCUT2D eigenvalue weighted by Crippen LogP contribution is -2.32. The summed E-state index contributed by atoms with van der Waals surface area (Å²) < 4.78 is 0. The quantitative estimate of drug-likeness (QED) is 0.864. The molecule has 4 rings (SSSR count). The molecule has 0 spiro atoms. The number of anilines is 3. The van der Waals surface area contributed by atoms with Crippen LogP contribution in [0.25, 0.3) is 0 Å². The Morgan fingerprint density at radius 3 is 2.31 bits per heavy atom. The predicted molar refractivity (Wildman–Crippen MR) is 103 cm³/mol. The van der Waals surface area contributed by atoms with E-state index in [1.807, 2.05) is 12.1 Å². The van der Waals surface area contributed by atoms with Crippen molar-refractivity contribution in [3.8, 4) is 0 Å². The van der Waals surface area contributed by atoms with Gasteiger partial charge in [0.15, 0.2) is 0 Å². The van der Waals surface area contributed by atoms with E-state index in [0.29, 0.717) is 17.6 Å². The van der Waals surface area contributed by atoms with Crippen LogP contribution in [0.2, 0.25) is 0 Å². The van der Waals surface area contributed by atoms with Gasteiger partial charge < -0.3 is 15.5 Å². The highest BCUT2D eigenvalue weighted by atomic mass is 16.1. The molecule has 0 unspecified atom stereocenters. The summed E-state index contributed by atoms with van der Waals surface area (Å²) in [4.78, 5) is 22.9. The summed E-state index contributed by atoms with van der Waals surface area (Å²) in [6, 6.07) is 8.70. The molecule has 136 valence electrons. The maximum atomic E-state index is 12.0. The van der Waals surface area contributed by atoms with Crippen LogP contribution < -0.4 is 15.5 Å². The number of nitrogens with zero attached hydrogens (tertiary/aromatic N) is 3.